The molecule has 0 spiro atoms. The van der Waals surface area contributed by atoms with Gasteiger partial charge in [-0.3, -0.25) is 0 Å². The van der Waals surface area contributed by atoms with E-state index >= 15 is 0 Å². The van der Waals surface area contributed by atoms with Crippen LogP contribution in [-0.4, -0.2) is 6.04 Å². The van der Waals surface area contributed by atoms with Crippen LogP contribution in [0.3, 0.4) is 0 Å². The minimum absolute atomic E-state index is 0.262. The van der Waals surface area contributed by atoms with E-state index in [2.05, 4.69) is 5.32 Å². The van der Waals surface area contributed by atoms with Crippen molar-refractivity contribution in [1.29, 1.82) is 0 Å². The van der Waals surface area contributed by atoms with Crippen LogP contribution in [-0.2, 0) is 6.54 Å². The fraction of sp³-hybridized carbons (Fsp3) is 0.250. The summed E-state index contributed by atoms with van der Waals surface area (Å²) >= 11 is 0. The van der Waals surface area contributed by atoms with Crippen molar-refractivity contribution in [2.24, 2.45) is 0 Å². The molecular weight excluding hydrogens is 244 g/mol. The van der Waals surface area contributed by atoms with Crippen molar-refractivity contribution in [3.8, 4) is 11.1 Å². The Bertz CT molecular complexity index is 574. The molecule has 0 atom stereocenters. The van der Waals surface area contributed by atoms with E-state index in [4.69, 9.17) is 0 Å². The molecule has 19 heavy (non-hydrogen) atoms. The highest BCUT2D eigenvalue weighted by atomic mass is 19.1. The summed E-state index contributed by atoms with van der Waals surface area (Å²) in [6.45, 7) is 0.700. The van der Waals surface area contributed by atoms with Gasteiger partial charge in [0.05, 0.1) is 0 Å². The zero-order chi connectivity index (χ0) is 13.2. The average molecular weight is 259 g/mol. The standard InChI is InChI=1S/C16H15F2N/c17-13-4-2-12(3-5-13)15-8-1-11(9-16(15)18)10-19-14-6-7-14/h1-5,8-9,14,19H,6-7,10H2. The molecular formula is C16H15F2N. The first-order valence-corrected chi connectivity index (χ1v) is 6.50. The van der Waals surface area contributed by atoms with E-state index in [0.717, 1.165) is 5.56 Å². The molecule has 1 saturated carbocycles. The van der Waals surface area contributed by atoms with Gasteiger partial charge < -0.3 is 5.32 Å². The van der Waals surface area contributed by atoms with Gasteiger partial charge in [0.15, 0.2) is 0 Å². The van der Waals surface area contributed by atoms with Gasteiger partial charge in [-0.05, 0) is 42.2 Å². The van der Waals surface area contributed by atoms with Crippen LogP contribution in [0.15, 0.2) is 42.5 Å². The molecule has 3 heteroatoms. The van der Waals surface area contributed by atoms with Gasteiger partial charge in [-0.1, -0.05) is 24.3 Å². The van der Waals surface area contributed by atoms with E-state index in [-0.39, 0.29) is 11.6 Å². The summed E-state index contributed by atoms with van der Waals surface area (Å²) in [6.07, 6.45) is 2.44. The van der Waals surface area contributed by atoms with Gasteiger partial charge in [0, 0.05) is 18.2 Å². The number of hydrogen-bond donors (Lipinski definition) is 1. The van der Waals surface area contributed by atoms with Gasteiger partial charge in [-0.15, -0.1) is 0 Å². The van der Waals surface area contributed by atoms with Gasteiger partial charge >= 0.3 is 0 Å². The second-order valence-electron chi connectivity index (χ2n) is 4.98. The van der Waals surface area contributed by atoms with Gasteiger partial charge in [-0.25, -0.2) is 8.78 Å². The van der Waals surface area contributed by atoms with E-state index in [1.165, 1.54) is 25.0 Å². The topological polar surface area (TPSA) is 12.0 Å². The molecule has 98 valence electrons. The first kappa shape index (κ1) is 12.3. The summed E-state index contributed by atoms with van der Waals surface area (Å²) in [7, 11) is 0. The number of nitrogens with one attached hydrogen (secondary N) is 1. The van der Waals surface area contributed by atoms with Crippen molar-refractivity contribution in [2.45, 2.75) is 25.4 Å². The minimum atomic E-state index is -0.311. The van der Waals surface area contributed by atoms with Crippen molar-refractivity contribution >= 4 is 0 Å². The Morgan fingerprint density at radius 2 is 1.74 bits per heavy atom. The number of benzene rings is 2. The van der Waals surface area contributed by atoms with Crippen molar-refractivity contribution in [1.82, 2.24) is 5.32 Å². The van der Waals surface area contributed by atoms with E-state index in [1.807, 2.05) is 6.07 Å². The molecule has 2 aromatic rings. The van der Waals surface area contributed by atoms with Crippen LogP contribution >= 0.6 is 0 Å². The molecule has 0 aromatic heterocycles. The Kier molecular flexibility index (Phi) is 3.30. The van der Waals surface area contributed by atoms with Crippen LogP contribution in [0.4, 0.5) is 8.78 Å². The largest absolute Gasteiger partial charge is 0.310 e. The fourth-order valence-electron chi connectivity index (χ4n) is 2.08. The molecule has 1 N–H and O–H groups in total. The first-order valence-electron chi connectivity index (χ1n) is 6.50. The highest BCUT2D eigenvalue weighted by molar-refractivity contribution is 5.64. The number of rotatable bonds is 4. The van der Waals surface area contributed by atoms with Crippen LogP contribution in [0.5, 0.6) is 0 Å². The average Bonchev–Trinajstić information content (AvgIpc) is 3.22. The van der Waals surface area contributed by atoms with Gasteiger partial charge in [0.1, 0.15) is 11.6 Å². The maximum Gasteiger partial charge on any atom is 0.131 e. The SMILES string of the molecule is Fc1ccc(-c2ccc(CNC3CC3)cc2F)cc1. The molecule has 0 aliphatic heterocycles. The lowest BCUT2D eigenvalue weighted by atomic mass is 10.0. The van der Waals surface area contributed by atoms with Crippen LogP contribution in [0.2, 0.25) is 0 Å². The van der Waals surface area contributed by atoms with Gasteiger partial charge in [0.2, 0.25) is 0 Å². The number of hydrogen-bond acceptors (Lipinski definition) is 1. The predicted molar refractivity (Wildman–Crippen MR) is 71.7 cm³/mol. The van der Waals surface area contributed by atoms with E-state index in [9.17, 15) is 8.78 Å². The summed E-state index contributed by atoms with van der Waals surface area (Å²) < 4.78 is 26.9. The molecule has 2 aromatic carbocycles. The molecule has 1 aliphatic carbocycles. The maximum atomic E-state index is 14.1. The van der Waals surface area contributed by atoms with E-state index in [0.29, 0.717) is 23.7 Å². The third-order valence-corrected chi connectivity index (χ3v) is 3.36. The molecule has 3 rings (SSSR count). The third-order valence-electron chi connectivity index (χ3n) is 3.36. The fourth-order valence-corrected chi connectivity index (χ4v) is 2.08. The molecule has 1 fully saturated rings. The summed E-state index contributed by atoms with van der Waals surface area (Å²) in [5.74, 6) is -0.573. The number of halogens is 2. The molecule has 0 radical (unpaired) electrons. The summed E-state index contributed by atoms with van der Waals surface area (Å²) in [5.41, 5.74) is 2.14. The van der Waals surface area contributed by atoms with Crippen molar-refractivity contribution in [3.05, 3.63) is 59.7 Å². The van der Waals surface area contributed by atoms with Gasteiger partial charge in [-0.2, -0.15) is 0 Å². The van der Waals surface area contributed by atoms with Crippen LogP contribution in [0, 0.1) is 11.6 Å². The lowest BCUT2D eigenvalue weighted by Gasteiger charge is -2.07. The Labute approximate surface area is 111 Å². The highest BCUT2D eigenvalue weighted by Gasteiger charge is 2.20. The first-order chi connectivity index (χ1) is 9.22. The van der Waals surface area contributed by atoms with Crippen molar-refractivity contribution < 1.29 is 8.78 Å². The van der Waals surface area contributed by atoms with Crippen LogP contribution < -0.4 is 5.32 Å². The van der Waals surface area contributed by atoms with Crippen LogP contribution in [0.25, 0.3) is 11.1 Å². The zero-order valence-corrected chi connectivity index (χ0v) is 10.5. The predicted octanol–water partition coefficient (Wildman–Crippen LogP) is 3.88. The van der Waals surface area contributed by atoms with Gasteiger partial charge in [0.25, 0.3) is 0 Å². The van der Waals surface area contributed by atoms with E-state index < -0.39 is 0 Å². The van der Waals surface area contributed by atoms with Crippen LogP contribution in [0.1, 0.15) is 18.4 Å². The highest BCUT2D eigenvalue weighted by Crippen LogP contribution is 2.24. The molecule has 0 unspecified atom stereocenters. The Balaban J connectivity index is 1.80. The molecule has 0 heterocycles. The summed E-state index contributed by atoms with van der Waals surface area (Å²) in [4.78, 5) is 0. The zero-order valence-electron chi connectivity index (χ0n) is 10.5. The third kappa shape index (κ3) is 2.99. The minimum Gasteiger partial charge on any atom is -0.310 e. The summed E-state index contributed by atoms with van der Waals surface area (Å²) in [5, 5.41) is 3.35. The van der Waals surface area contributed by atoms with E-state index in [1.54, 1.807) is 24.3 Å². The normalized spacial score (nSPS) is 14.6. The second kappa shape index (κ2) is 5.10. The Hall–Kier alpha value is -1.74. The lowest BCUT2D eigenvalue weighted by molar-refractivity contribution is 0.621. The lowest BCUT2D eigenvalue weighted by Crippen LogP contribution is -2.15. The Morgan fingerprint density at radius 3 is 2.37 bits per heavy atom. The Morgan fingerprint density at radius 1 is 1.00 bits per heavy atom. The molecule has 0 bridgehead atoms. The monoisotopic (exact) mass is 259 g/mol. The molecule has 1 aliphatic rings. The second-order valence-corrected chi connectivity index (χ2v) is 4.98. The summed E-state index contributed by atoms with van der Waals surface area (Å²) in [6, 6.07) is 11.7. The quantitative estimate of drug-likeness (QED) is 0.878. The molecule has 0 amide bonds. The molecule has 0 saturated heterocycles. The smallest absolute Gasteiger partial charge is 0.131 e. The van der Waals surface area contributed by atoms with Crippen molar-refractivity contribution in [2.75, 3.05) is 0 Å². The maximum absolute atomic E-state index is 14.1. The van der Waals surface area contributed by atoms with Crippen molar-refractivity contribution in [3.63, 3.8) is 0 Å². The molecule has 1 nitrogen and oxygen atoms in total.